The van der Waals surface area contributed by atoms with Crippen molar-refractivity contribution >= 4 is 11.6 Å². The third-order valence-electron chi connectivity index (χ3n) is 2.12. The van der Waals surface area contributed by atoms with Gasteiger partial charge >= 0.3 is 0 Å². The van der Waals surface area contributed by atoms with Crippen molar-refractivity contribution in [2.24, 2.45) is 0 Å². The third-order valence-corrected chi connectivity index (χ3v) is 2.12. The highest BCUT2D eigenvalue weighted by Crippen LogP contribution is 2.00. The lowest BCUT2D eigenvalue weighted by molar-refractivity contribution is -0.690. The Morgan fingerprint density at radius 1 is 1.25 bits per heavy atom. The topological polar surface area (TPSA) is 38.0 Å². The lowest BCUT2D eigenvalue weighted by Gasteiger charge is -2.02. The zero-order chi connectivity index (χ0) is 11.4. The van der Waals surface area contributed by atoms with E-state index in [1.807, 2.05) is 0 Å². The predicted molar refractivity (Wildman–Crippen MR) is 63.6 cm³/mol. The summed E-state index contributed by atoms with van der Waals surface area (Å²) in [6.45, 7) is 7.05. The molecule has 0 fully saturated rings. The van der Waals surface area contributed by atoms with Crippen LogP contribution in [0, 0.1) is 0 Å². The molecule has 0 atom stereocenters. The van der Waals surface area contributed by atoms with Crippen molar-refractivity contribution in [2.45, 2.75) is 27.8 Å². The molecule has 0 aliphatic carbocycles. The largest absolute Gasteiger partial charge is 0.288 e. The zero-order valence-corrected chi connectivity index (χ0v) is 8.99. The molecule has 1 aromatic heterocycles. The molecular weight excluding hydrogens is 202 g/mol. The second-order valence-corrected chi connectivity index (χ2v) is 3.31. The van der Waals surface area contributed by atoms with Crippen LogP contribution in [0.2, 0.25) is 0 Å². The third kappa shape index (κ3) is 2.86. The molecule has 0 spiro atoms. The highest BCUT2D eigenvalue weighted by molar-refractivity contribution is 5.93. The summed E-state index contributed by atoms with van der Waals surface area (Å²) in [5, 5.41) is 0. The molecule has 0 aliphatic rings. The van der Waals surface area contributed by atoms with Crippen molar-refractivity contribution in [3.05, 3.63) is 42.2 Å². The molecule has 1 rings (SSSR count). The highest BCUT2D eigenvalue weighted by Gasteiger charge is 2.21. The van der Waals surface area contributed by atoms with Gasteiger partial charge in [0.25, 0.3) is 0 Å². The SMILES string of the molecule is C.C=CC[n+]1c(C(C)=O)cccc1C(C)=O. The summed E-state index contributed by atoms with van der Waals surface area (Å²) in [5.41, 5.74) is 1.06. The minimum atomic E-state index is -0.0556. The number of hydrogen-bond donors (Lipinski definition) is 0. The molecule has 0 N–H and O–H groups in total. The van der Waals surface area contributed by atoms with Crippen LogP contribution in [-0.4, -0.2) is 11.6 Å². The van der Waals surface area contributed by atoms with Gasteiger partial charge in [-0.2, -0.15) is 4.57 Å². The zero-order valence-electron chi connectivity index (χ0n) is 8.99. The number of rotatable bonds is 4. The second kappa shape index (κ2) is 5.95. The van der Waals surface area contributed by atoms with E-state index in [0.29, 0.717) is 17.9 Å². The lowest BCUT2D eigenvalue weighted by atomic mass is 10.2. The van der Waals surface area contributed by atoms with Crippen molar-refractivity contribution in [1.82, 2.24) is 0 Å². The molecule has 16 heavy (non-hydrogen) atoms. The maximum atomic E-state index is 11.3. The number of allylic oxidation sites excluding steroid dienone is 1. The van der Waals surface area contributed by atoms with Crippen LogP contribution in [0.15, 0.2) is 30.9 Å². The minimum Gasteiger partial charge on any atom is -0.288 e. The Kier molecular flexibility index (Phi) is 5.30. The molecule has 0 saturated heterocycles. The predicted octanol–water partition coefficient (Wildman–Crippen LogP) is 2.20. The van der Waals surface area contributed by atoms with Gasteiger partial charge in [-0.1, -0.05) is 14.0 Å². The van der Waals surface area contributed by atoms with Crippen molar-refractivity contribution in [3.8, 4) is 0 Å². The van der Waals surface area contributed by atoms with Crippen molar-refractivity contribution in [2.75, 3.05) is 0 Å². The Hall–Kier alpha value is -1.77. The standard InChI is InChI=1S/C12H14NO2.CH4/c1-4-8-13-11(9(2)14)6-5-7-12(13)10(3)15;/h4-7H,1,8H2,2-3H3;1H4/q+1;. The summed E-state index contributed by atoms with van der Waals surface area (Å²) in [7, 11) is 0. The average Bonchev–Trinajstić information content (AvgIpc) is 2.17. The molecule has 0 radical (unpaired) electrons. The number of ketones is 2. The average molecular weight is 220 g/mol. The first kappa shape index (κ1) is 14.2. The first-order valence-electron chi connectivity index (χ1n) is 4.73. The molecule has 3 heteroatoms. The van der Waals surface area contributed by atoms with E-state index in [-0.39, 0.29) is 19.0 Å². The molecule has 1 aromatic rings. The summed E-state index contributed by atoms with van der Waals surface area (Å²) in [5.74, 6) is -0.111. The molecule has 0 aromatic carbocycles. The monoisotopic (exact) mass is 220 g/mol. The maximum Gasteiger partial charge on any atom is 0.249 e. The molecule has 0 amide bonds. The quantitative estimate of drug-likeness (QED) is 0.443. The van der Waals surface area contributed by atoms with Gasteiger partial charge in [0.15, 0.2) is 6.54 Å². The number of carbonyl (C=O) groups is 2. The van der Waals surface area contributed by atoms with E-state index in [1.165, 1.54) is 13.8 Å². The van der Waals surface area contributed by atoms with Gasteiger partial charge in [-0.15, -0.1) is 0 Å². The van der Waals surface area contributed by atoms with Gasteiger partial charge in [0.2, 0.25) is 23.0 Å². The van der Waals surface area contributed by atoms with Crippen LogP contribution >= 0.6 is 0 Å². The van der Waals surface area contributed by atoms with Crippen molar-refractivity contribution in [1.29, 1.82) is 0 Å². The molecule has 1 heterocycles. The Morgan fingerprint density at radius 3 is 2.00 bits per heavy atom. The molecular formula is C13H18NO2+. The van der Waals surface area contributed by atoms with Crippen LogP contribution in [0.4, 0.5) is 0 Å². The summed E-state index contributed by atoms with van der Waals surface area (Å²) < 4.78 is 1.68. The fraction of sp³-hybridized carbons (Fsp3) is 0.308. The van der Waals surface area contributed by atoms with Crippen LogP contribution in [0.25, 0.3) is 0 Å². The normalized spacial score (nSPS) is 9.12. The first-order chi connectivity index (χ1) is 7.07. The summed E-state index contributed by atoms with van der Waals surface area (Å²) in [6.07, 6.45) is 1.67. The van der Waals surface area contributed by atoms with E-state index in [0.717, 1.165) is 0 Å². The number of aromatic nitrogens is 1. The Morgan fingerprint density at radius 2 is 1.69 bits per heavy atom. The van der Waals surface area contributed by atoms with E-state index in [4.69, 9.17) is 0 Å². The molecule has 0 unspecified atom stereocenters. The van der Waals surface area contributed by atoms with Crippen LogP contribution in [0.1, 0.15) is 42.3 Å². The van der Waals surface area contributed by atoms with E-state index in [9.17, 15) is 9.59 Å². The lowest BCUT2D eigenvalue weighted by Crippen LogP contribution is -2.44. The maximum absolute atomic E-state index is 11.3. The van der Waals surface area contributed by atoms with E-state index in [2.05, 4.69) is 6.58 Å². The van der Waals surface area contributed by atoms with E-state index < -0.39 is 0 Å². The van der Waals surface area contributed by atoms with Crippen LogP contribution in [-0.2, 0) is 6.54 Å². The fourth-order valence-corrected chi connectivity index (χ4v) is 1.48. The first-order valence-corrected chi connectivity index (χ1v) is 4.73. The van der Waals surface area contributed by atoms with Gasteiger partial charge in [-0.3, -0.25) is 9.59 Å². The number of pyridine rings is 1. The van der Waals surface area contributed by atoms with E-state index >= 15 is 0 Å². The number of nitrogens with zero attached hydrogens (tertiary/aromatic N) is 1. The number of Topliss-reactive ketones (excluding diaryl/α,β-unsaturated/α-hetero) is 2. The van der Waals surface area contributed by atoms with Gasteiger partial charge in [-0.05, 0) is 12.1 Å². The van der Waals surface area contributed by atoms with Gasteiger partial charge in [0.1, 0.15) is 0 Å². The van der Waals surface area contributed by atoms with Crippen LogP contribution in [0.3, 0.4) is 0 Å². The van der Waals surface area contributed by atoms with Crippen LogP contribution < -0.4 is 4.57 Å². The molecule has 86 valence electrons. The molecule has 3 nitrogen and oxygen atoms in total. The highest BCUT2D eigenvalue weighted by atomic mass is 16.1. The summed E-state index contributed by atoms with van der Waals surface area (Å²) >= 11 is 0. The van der Waals surface area contributed by atoms with Gasteiger partial charge in [0, 0.05) is 26.0 Å². The number of carbonyl (C=O) groups excluding carboxylic acids is 2. The molecule has 0 saturated carbocycles. The van der Waals surface area contributed by atoms with E-state index in [1.54, 1.807) is 28.8 Å². The number of hydrogen-bond acceptors (Lipinski definition) is 2. The minimum absolute atomic E-state index is 0. The Labute approximate surface area is 96.4 Å². The smallest absolute Gasteiger partial charge is 0.249 e. The van der Waals surface area contributed by atoms with Crippen molar-refractivity contribution < 1.29 is 14.2 Å². The van der Waals surface area contributed by atoms with Gasteiger partial charge in [-0.25, -0.2) is 0 Å². The molecule has 0 bridgehead atoms. The Bertz CT molecular complexity index is 390. The molecule has 0 aliphatic heterocycles. The summed E-state index contributed by atoms with van der Waals surface area (Å²) in [6, 6.07) is 5.13. The fourth-order valence-electron chi connectivity index (χ4n) is 1.48. The second-order valence-electron chi connectivity index (χ2n) is 3.31. The summed E-state index contributed by atoms with van der Waals surface area (Å²) in [4.78, 5) is 22.7. The van der Waals surface area contributed by atoms with Gasteiger partial charge in [0.05, 0.1) is 0 Å². The Balaban J connectivity index is 0.00000225. The van der Waals surface area contributed by atoms with Gasteiger partial charge < -0.3 is 0 Å². The van der Waals surface area contributed by atoms with Crippen molar-refractivity contribution in [3.63, 3.8) is 0 Å². The van der Waals surface area contributed by atoms with Crippen LogP contribution in [0.5, 0.6) is 0 Å².